The first-order chi connectivity index (χ1) is 10.5. The summed E-state index contributed by atoms with van der Waals surface area (Å²) in [5, 5.41) is 11.8. The summed E-state index contributed by atoms with van der Waals surface area (Å²) < 4.78 is 0. The van der Waals surface area contributed by atoms with Crippen molar-refractivity contribution in [1.29, 1.82) is 0 Å². The van der Waals surface area contributed by atoms with Gasteiger partial charge < -0.3 is 15.3 Å². The number of hydrogen-bond acceptors (Lipinski definition) is 3. The van der Waals surface area contributed by atoms with Gasteiger partial charge in [0, 0.05) is 11.7 Å². The average Bonchev–Trinajstić information content (AvgIpc) is 3.25. The third kappa shape index (κ3) is 2.24. The summed E-state index contributed by atoms with van der Waals surface area (Å²) in [6.07, 6.45) is 1.16. The second kappa shape index (κ2) is 5.12. The lowest BCUT2D eigenvalue weighted by Gasteiger charge is -2.21. The summed E-state index contributed by atoms with van der Waals surface area (Å²) in [5.74, 6) is -1.84. The standard InChI is InChI=1S/C16H18N2O4/c1-10-9-12(17-14(20)16(7-8-16)15(21)22)13(19)18(10)11-5-3-2-4-6-11/h2-6,10,12H,7-9H2,1H3,(H,17,20)(H,21,22)/t10-,12-/m1/s1. The summed E-state index contributed by atoms with van der Waals surface area (Å²) in [7, 11) is 0. The number of nitrogens with zero attached hydrogens (tertiary/aromatic N) is 1. The van der Waals surface area contributed by atoms with Gasteiger partial charge in [-0.05, 0) is 38.3 Å². The molecule has 22 heavy (non-hydrogen) atoms. The number of carbonyl (C=O) groups excluding carboxylic acids is 2. The van der Waals surface area contributed by atoms with E-state index in [2.05, 4.69) is 5.32 Å². The Labute approximate surface area is 128 Å². The van der Waals surface area contributed by atoms with E-state index in [0.717, 1.165) is 5.69 Å². The van der Waals surface area contributed by atoms with Gasteiger partial charge in [-0.2, -0.15) is 0 Å². The van der Waals surface area contributed by atoms with Gasteiger partial charge in [-0.3, -0.25) is 14.4 Å². The highest BCUT2D eigenvalue weighted by Gasteiger charge is 2.58. The minimum absolute atomic E-state index is 0.0415. The molecular formula is C16H18N2O4. The second-order valence-corrected chi connectivity index (χ2v) is 6.04. The number of carbonyl (C=O) groups is 3. The van der Waals surface area contributed by atoms with E-state index in [1.54, 1.807) is 4.90 Å². The molecule has 6 heteroatoms. The van der Waals surface area contributed by atoms with Gasteiger partial charge in [0.15, 0.2) is 0 Å². The number of hydrogen-bond donors (Lipinski definition) is 2. The van der Waals surface area contributed by atoms with Crippen LogP contribution in [0.15, 0.2) is 30.3 Å². The fourth-order valence-electron chi connectivity index (χ4n) is 2.98. The fraction of sp³-hybridized carbons (Fsp3) is 0.438. The average molecular weight is 302 g/mol. The van der Waals surface area contributed by atoms with Gasteiger partial charge in [-0.25, -0.2) is 0 Å². The molecule has 0 bridgehead atoms. The largest absolute Gasteiger partial charge is 0.480 e. The van der Waals surface area contributed by atoms with Crippen molar-refractivity contribution >= 4 is 23.5 Å². The monoisotopic (exact) mass is 302 g/mol. The van der Waals surface area contributed by atoms with Crippen LogP contribution in [0.4, 0.5) is 5.69 Å². The molecule has 1 aliphatic carbocycles. The molecule has 2 fully saturated rings. The number of anilines is 1. The van der Waals surface area contributed by atoms with Crippen molar-refractivity contribution in [3.8, 4) is 0 Å². The van der Waals surface area contributed by atoms with Crippen LogP contribution in [0, 0.1) is 5.41 Å². The maximum Gasteiger partial charge on any atom is 0.319 e. The van der Waals surface area contributed by atoms with Crippen molar-refractivity contribution in [1.82, 2.24) is 5.32 Å². The number of benzene rings is 1. The molecule has 1 saturated carbocycles. The van der Waals surface area contributed by atoms with Crippen LogP contribution >= 0.6 is 0 Å². The number of rotatable bonds is 4. The first-order valence-electron chi connectivity index (χ1n) is 7.38. The van der Waals surface area contributed by atoms with Crippen LogP contribution < -0.4 is 10.2 Å². The first-order valence-corrected chi connectivity index (χ1v) is 7.38. The first kappa shape index (κ1) is 14.6. The predicted molar refractivity (Wildman–Crippen MR) is 79.2 cm³/mol. The van der Waals surface area contributed by atoms with Gasteiger partial charge in [-0.1, -0.05) is 18.2 Å². The SMILES string of the molecule is C[C@@H]1C[C@@H](NC(=O)C2(C(=O)O)CC2)C(=O)N1c1ccccc1. The molecule has 0 unspecified atom stereocenters. The summed E-state index contributed by atoms with van der Waals surface area (Å²) in [6, 6.07) is 8.57. The maximum atomic E-state index is 12.5. The quantitative estimate of drug-likeness (QED) is 0.817. The zero-order valence-electron chi connectivity index (χ0n) is 12.3. The van der Waals surface area contributed by atoms with Gasteiger partial charge in [0.2, 0.25) is 11.8 Å². The molecule has 0 spiro atoms. The summed E-state index contributed by atoms with van der Waals surface area (Å²) in [6.45, 7) is 1.92. The van der Waals surface area contributed by atoms with E-state index in [4.69, 9.17) is 5.11 Å². The number of para-hydroxylation sites is 1. The third-order valence-corrected chi connectivity index (χ3v) is 4.49. The zero-order valence-corrected chi connectivity index (χ0v) is 12.3. The lowest BCUT2D eigenvalue weighted by atomic mass is 10.1. The van der Waals surface area contributed by atoms with Crippen LogP contribution in [0.2, 0.25) is 0 Å². The van der Waals surface area contributed by atoms with Crippen LogP contribution in [-0.2, 0) is 14.4 Å². The Morgan fingerprint density at radius 2 is 1.91 bits per heavy atom. The van der Waals surface area contributed by atoms with Crippen LogP contribution in [0.3, 0.4) is 0 Å². The Balaban J connectivity index is 1.73. The molecule has 6 nitrogen and oxygen atoms in total. The topological polar surface area (TPSA) is 86.7 Å². The van der Waals surface area contributed by atoms with E-state index in [0.29, 0.717) is 19.3 Å². The van der Waals surface area contributed by atoms with Crippen molar-refractivity contribution in [3.05, 3.63) is 30.3 Å². The van der Waals surface area contributed by atoms with Crippen molar-refractivity contribution in [3.63, 3.8) is 0 Å². The van der Waals surface area contributed by atoms with Crippen molar-refractivity contribution in [2.24, 2.45) is 5.41 Å². The van der Waals surface area contributed by atoms with E-state index in [1.165, 1.54) is 0 Å². The number of carboxylic acids is 1. The van der Waals surface area contributed by atoms with Crippen molar-refractivity contribution in [2.45, 2.75) is 38.3 Å². The summed E-state index contributed by atoms with van der Waals surface area (Å²) in [5.41, 5.74) is -0.528. The molecular weight excluding hydrogens is 284 g/mol. The zero-order chi connectivity index (χ0) is 15.9. The van der Waals surface area contributed by atoms with Gasteiger partial charge >= 0.3 is 5.97 Å². The van der Waals surface area contributed by atoms with E-state index in [-0.39, 0.29) is 11.9 Å². The Bertz CT molecular complexity index is 624. The van der Waals surface area contributed by atoms with E-state index >= 15 is 0 Å². The molecule has 1 heterocycles. The molecule has 0 radical (unpaired) electrons. The minimum atomic E-state index is -1.32. The highest BCUT2D eigenvalue weighted by molar-refractivity contribution is 6.08. The minimum Gasteiger partial charge on any atom is -0.480 e. The van der Waals surface area contributed by atoms with Crippen LogP contribution in [0.5, 0.6) is 0 Å². The predicted octanol–water partition coefficient (Wildman–Crippen LogP) is 1.16. The Morgan fingerprint density at radius 3 is 2.45 bits per heavy atom. The van der Waals surface area contributed by atoms with E-state index < -0.39 is 23.3 Å². The van der Waals surface area contributed by atoms with Gasteiger partial charge in [-0.15, -0.1) is 0 Å². The highest BCUT2D eigenvalue weighted by Crippen LogP contribution is 2.46. The van der Waals surface area contributed by atoms with Gasteiger partial charge in [0.05, 0.1) is 0 Å². The normalized spacial score (nSPS) is 25.9. The van der Waals surface area contributed by atoms with Crippen LogP contribution in [0.1, 0.15) is 26.2 Å². The number of carboxylic acid groups (broad SMARTS) is 1. The van der Waals surface area contributed by atoms with Crippen molar-refractivity contribution in [2.75, 3.05) is 4.90 Å². The second-order valence-electron chi connectivity index (χ2n) is 6.04. The van der Waals surface area contributed by atoms with Gasteiger partial charge in [0.1, 0.15) is 11.5 Å². The molecule has 3 rings (SSSR count). The maximum absolute atomic E-state index is 12.5. The molecule has 116 valence electrons. The number of amides is 2. The third-order valence-electron chi connectivity index (χ3n) is 4.49. The summed E-state index contributed by atoms with van der Waals surface area (Å²) in [4.78, 5) is 37.5. The lowest BCUT2D eigenvalue weighted by molar-refractivity contribution is -0.149. The highest BCUT2D eigenvalue weighted by atomic mass is 16.4. The molecule has 0 aromatic heterocycles. The van der Waals surface area contributed by atoms with Crippen molar-refractivity contribution < 1.29 is 19.5 Å². The summed E-state index contributed by atoms with van der Waals surface area (Å²) >= 11 is 0. The Kier molecular flexibility index (Phi) is 3.39. The molecule has 2 atom stereocenters. The van der Waals surface area contributed by atoms with E-state index in [9.17, 15) is 14.4 Å². The number of nitrogens with one attached hydrogen (secondary N) is 1. The van der Waals surface area contributed by atoms with Crippen LogP contribution in [-0.4, -0.2) is 35.0 Å². The molecule has 2 amide bonds. The lowest BCUT2D eigenvalue weighted by Crippen LogP contribution is -2.46. The molecule has 1 aromatic carbocycles. The Morgan fingerprint density at radius 1 is 1.27 bits per heavy atom. The van der Waals surface area contributed by atoms with E-state index in [1.807, 2.05) is 37.3 Å². The van der Waals surface area contributed by atoms with Crippen LogP contribution in [0.25, 0.3) is 0 Å². The molecule has 1 aliphatic heterocycles. The Hall–Kier alpha value is -2.37. The fourth-order valence-corrected chi connectivity index (χ4v) is 2.98. The molecule has 1 aromatic rings. The smallest absolute Gasteiger partial charge is 0.319 e. The molecule has 2 aliphatic rings. The van der Waals surface area contributed by atoms with Gasteiger partial charge in [0.25, 0.3) is 0 Å². The molecule has 2 N–H and O–H groups in total. The number of aliphatic carboxylic acids is 1. The molecule has 1 saturated heterocycles.